The first-order valence-corrected chi connectivity index (χ1v) is 14.6. The first kappa shape index (κ1) is 26.5. The number of benzene rings is 1. The maximum absolute atomic E-state index is 14.5. The zero-order valence-electron chi connectivity index (χ0n) is 19.9. The summed E-state index contributed by atoms with van der Waals surface area (Å²) in [6.07, 6.45) is 12.8. The maximum atomic E-state index is 14.5. The Morgan fingerprint density at radius 1 is 0.735 bits per heavy atom. The Morgan fingerprint density at radius 3 is 1.56 bits per heavy atom. The highest BCUT2D eigenvalue weighted by atomic mass is 32.2. The summed E-state index contributed by atoms with van der Waals surface area (Å²) >= 11 is 3.79. The third kappa shape index (κ3) is 6.60. The number of hydrogen-bond donors (Lipinski definition) is 1. The molecule has 0 spiro atoms. The standard InChI is InChI=1S/C27H38F4OS2/c28-26(25(33)27(29,30)31)34-32-24-22(19-12-6-2-7-13-19)16-21(18-10-4-1-5-11-18)17-23(24)20-14-8-3-9-15-20/h16-20,25-26,33H,1-15H2/t25-,26?/m1/s1. The molecule has 1 aromatic carbocycles. The summed E-state index contributed by atoms with van der Waals surface area (Å²) in [5.74, 6) is 1.88. The number of alkyl halides is 4. The Labute approximate surface area is 211 Å². The van der Waals surface area contributed by atoms with Crippen LogP contribution in [0, 0.1) is 0 Å². The third-order valence-electron chi connectivity index (χ3n) is 8.14. The second kappa shape index (κ2) is 12.1. The van der Waals surface area contributed by atoms with Gasteiger partial charge in [-0.15, -0.1) is 0 Å². The number of hydrogen-bond acceptors (Lipinski definition) is 3. The van der Waals surface area contributed by atoms with E-state index in [0.29, 0.717) is 35.5 Å². The van der Waals surface area contributed by atoms with Gasteiger partial charge in [0.25, 0.3) is 0 Å². The van der Waals surface area contributed by atoms with Crippen molar-refractivity contribution in [1.29, 1.82) is 0 Å². The Kier molecular flexibility index (Phi) is 9.45. The van der Waals surface area contributed by atoms with Crippen LogP contribution in [0.5, 0.6) is 5.75 Å². The minimum Gasteiger partial charge on any atom is -0.422 e. The molecular formula is C27H38F4OS2. The monoisotopic (exact) mass is 518 g/mol. The van der Waals surface area contributed by atoms with E-state index in [1.54, 1.807) is 0 Å². The van der Waals surface area contributed by atoms with Gasteiger partial charge in [-0.1, -0.05) is 69.9 Å². The van der Waals surface area contributed by atoms with E-state index >= 15 is 0 Å². The molecule has 1 aromatic rings. The summed E-state index contributed by atoms with van der Waals surface area (Å²) in [5.41, 5.74) is 1.33. The van der Waals surface area contributed by atoms with Crippen molar-refractivity contribution < 1.29 is 21.7 Å². The van der Waals surface area contributed by atoms with E-state index in [2.05, 4.69) is 24.8 Å². The quantitative estimate of drug-likeness (QED) is 0.218. The predicted octanol–water partition coefficient (Wildman–Crippen LogP) is 10.0. The Bertz CT molecular complexity index is 742. The highest BCUT2D eigenvalue weighted by molar-refractivity contribution is 7.96. The van der Waals surface area contributed by atoms with Crippen LogP contribution >= 0.6 is 24.7 Å². The topological polar surface area (TPSA) is 9.23 Å². The lowest BCUT2D eigenvalue weighted by molar-refractivity contribution is -0.133. The van der Waals surface area contributed by atoms with Crippen molar-refractivity contribution >= 4 is 24.7 Å². The molecule has 3 aliphatic carbocycles. The van der Waals surface area contributed by atoms with Crippen LogP contribution in [0.1, 0.15) is 131 Å². The zero-order chi connectivity index (χ0) is 24.1. The summed E-state index contributed by atoms with van der Waals surface area (Å²) in [6, 6.07) is 4.56. The van der Waals surface area contributed by atoms with Crippen LogP contribution in [0.25, 0.3) is 0 Å². The van der Waals surface area contributed by atoms with Gasteiger partial charge in [0.2, 0.25) is 5.50 Å². The number of rotatable bonds is 7. The first-order chi connectivity index (χ1) is 16.3. The van der Waals surface area contributed by atoms with Crippen LogP contribution in [-0.4, -0.2) is 16.9 Å². The Balaban J connectivity index is 1.70. The normalized spacial score (nSPS) is 23.6. The lowest BCUT2D eigenvalue weighted by atomic mass is 9.75. The summed E-state index contributed by atoms with van der Waals surface area (Å²) in [4.78, 5) is 0. The van der Waals surface area contributed by atoms with Gasteiger partial charge in [-0.2, -0.15) is 25.8 Å². The van der Waals surface area contributed by atoms with Crippen LogP contribution < -0.4 is 4.18 Å². The van der Waals surface area contributed by atoms with Crippen LogP contribution in [0.4, 0.5) is 17.6 Å². The van der Waals surface area contributed by atoms with E-state index in [1.807, 2.05) is 0 Å². The molecule has 0 saturated heterocycles. The minimum atomic E-state index is -4.71. The van der Waals surface area contributed by atoms with E-state index in [0.717, 1.165) is 62.5 Å². The van der Waals surface area contributed by atoms with Crippen LogP contribution in [0.3, 0.4) is 0 Å². The number of thiol groups is 1. The van der Waals surface area contributed by atoms with Crippen molar-refractivity contribution in [1.82, 2.24) is 0 Å². The van der Waals surface area contributed by atoms with Crippen molar-refractivity contribution in [2.24, 2.45) is 0 Å². The van der Waals surface area contributed by atoms with E-state index in [4.69, 9.17) is 4.18 Å². The second-order valence-electron chi connectivity index (χ2n) is 10.6. The molecule has 34 heavy (non-hydrogen) atoms. The molecule has 0 aliphatic heterocycles. The highest BCUT2D eigenvalue weighted by Crippen LogP contribution is 2.49. The predicted molar refractivity (Wildman–Crippen MR) is 136 cm³/mol. The SMILES string of the molecule is FC(SOc1c(C2CCCCC2)cc(C2CCCCC2)cc1C1CCCCC1)[C@@H](S)C(F)(F)F. The molecule has 3 aliphatic rings. The lowest BCUT2D eigenvalue weighted by Crippen LogP contribution is -2.31. The molecule has 0 radical (unpaired) electrons. The van der Waals surface area contributed by atoms with Gasteiger partial charge in [-0.3, -0.25) is 0 Å². The fourth-order valence-corrected chi connectivity index (χ4v) is 6.98. The smallest absolute Gasteiger partial charge is 0.404 e. The third-order valence-corrected chi connectivity index (χ3v) is 9.62. The van der Waals surface area contributed by atoms with Crippen molar-refractivity contribution in [2.45, 2.75) is 131 Å². The molecule has 0 heterocycles. The molecule has 3 saturated carbocycles. The summed E-state index contributed by atoms with van der Waals surface area (Å²) < 4.78 is 59.6. The molecule has 0 aromatic heterocycles. The minimum absolute atomic E-state index is 0.299. The second-order valence-corrected chi connectivity index (χ2v) is 11.9. The van der Waals surface area contributed by atoms with Crippen molar-refractivity contribution in [3.63, 3.8) is 0 Å². The van der Waals surface area contributed by atoms with Gasteiger partial charge >= 0.3 is 6.18 Å². The van der Waals surface area contributed by atoms with Crippen molar-refractivity contribution in [2.75, 3.05) is 0 Å². The van der Waals surface area contributed by atoms with E-state index in [-0.39, 0.29) is 0 Å². The van der Waals surface area contributed by atoms with Gasteiger partial charge in [0, 0.05) is 0 Å². The fourth-order valence-electron chi connectivity index (χ4n) is 6.20. The van der Waals surface area contributed by atoms with Gasteiger partial charge in [-0.25, -0.2) is 4.39 Å². The van der Waals surface area contributed by atoms with Gasteiger partial charge in [0.15, 0.2) is 0 Å². The van der Waals surface area contributed by atoms with Gasteiger partial charge in [0.1, 0.15) is 11.0 Å². The molecule has 3 fully saturated rings. The molecule has 4 rings (SSSR count). The molecule has 0 N–H and O–H groups in total. The first-order valence-electron chi connectivity index (χ1n) is 13.2. The maximum Gasteiger partial charge on any atom is 0.404 e. The Morgan fingerprint density at radius 2 is 1.15 bits per heavy atom. The van der Waals surface area contributed by atoms with Crippen LogP contribution in [-0.2, 0) is 0 Å². The fraction of sp³-hybridized carbons (Fsp3) is 0.778. The van der Waals surface area contributed by atoms with Crippen LogP contribution in [0.15, 0.2) is 12.1 Å². The largest absolute Gasteiger partial charge is 0.422 e. The van der Waals surface area contributed by atoms with Crippen molar-refractivity contribution in [3.8, 4) is 5.75 Å². The highest BCUT2D eigenvalue weighted by Gasteiger charge is 2.44. The lowest BCUT2D eigenvalue weighted by Gasteiger charge is -2.32. The molecule has 1 unspecified atom stereocenters. The number of halogens is 4. The van der Waals surface area contributed by atoms with Gasteiger partial charge < -0.3 is 4.18 Å². The molecule has 2 atom stereocenters. The van der Waals surface area contributed by atoms with E-state index in [9.17, 15) is 17.6 Å². The average molecular weight is 519 g/mol. The molecule has 192 valence electrons. The van der Waals surface area contributed by atoms with Crippen LogP contribution in [0.2, 0.25) is 0 Å². The summed E-state index contributed by atoms with van der Waals surface area (Å²) in [5, 5.41) is -2.37. The summed E-state index contributed by atoms with van der Waals surface area (Å²) in [6.45, 7) is 0. The molecule has 7 heteroatoms. The van der Waals surface area contributed by atoms with Gasteiger partial charge in [-0.05, 0) is 73.0 Å². The van der Waals surface area contributed by atoms with E-state index in [1.165, 1.54) is 50.5 Å². The Hall–Kier alpha value is -0.560. The zero-order valence-corrected chi connectivity index (χ0v) is 21.6. The summed E-state index contributed by atoms with van der Waals surface area (Å²) in [7, 11) is 0. The molecule has 0 bridgehead atoms. The van der Waals surface area contributed by atoms with Gasteiger partial charge in [0.05, 0.1) is 12.0 Å². The molecule has 1 nitrogen and oxygen atoms in total. The van der Waals surface area contributed by atoms with Crippen molar-refractivity contribution in [3.05, 3.63) is 28.8 Å². The average Bonchev–Trinajstić information content (AvgIpc) is 2.87. The molecule has 0 amide bonds. The van der Waals surface area contributed by atoms with E-state index < -0.39 is 16.9 Å². The molecular weight excluding hydrogens is 480 g/mol.